The molecule has 2 aliphatic heterocycles. The van der Waals surface area contributed by atoms with Crippen molar-refractivity contribution in [2.45, 2.75) is 31.2 Å². The number of piperidine rings is 1. The van der Waals surface area contributed by atoms with Gasteiger partial charge in [-0.25, -0.2) is 8.42 Å². The first-order valence-corrected chi connectivity index (χ1v) is 9.74. The molecule has 4 rings (SSSR count). The van der Waals surface area contributed by atoms with Crippen molar-refractivity contribution in [1.82, 2.24) is 5.32 Å². The molecule has 24 heavy (non-hydrogen) atoms. The Morgan fingerprint density at radius 2 is 1.92 bits per heavy atom. The van der Waals surface area contributed by atoms with Crippen molar-refractivity contribution in [3.63, 3.8) is 0 Å². The smallest absolute Gasteiger partial charge is 0.208 e. The second-order valence-corrected chi connectivity index (χ2v) is 8.53. The van der Waals surface area contributed by atoms with Crippen LogP contribution in [0, 0.1) is 5.92 Å². The Balaban J connectivity index is 1.91. The Bertz CT molecular complexity index is 921. The molecule has 0 bridgehead atoms. The maximum atomic E-state index is 13.1. The molecule has 1 saturated heterocycles. The average molecular weight is 340 g/mol. The molecular formula is C19H20N2O2S. The zero-order valence-corrected chi connectivity index (χ0v) is 14.6. The van der Waals surface area contributed by atoms with Crippen LogP contribution in [0.15, 0.2) is 74.1 Å². The number of allylic oxidation sites excluding steroid dienone is 3. The summed E-state index contributed by atoms with van der Waals surface area (Å²) in [5.41, 5.74) is 3.94. The normalized spacial score (nSPS) is 26.3. The van der Waals surface area contributed by atoms with Gasteiger partial charge in [-0.1, -0.05) is 31.2 Å². The largest absolute Gasteiger partial charge is 0.310 e. The zero-order valence-electron chi connectivity index (χ0n) is 13.8. The van der Waals surface area contributed by atoms with Crippen molar-refractivity contribution in [3.05, 3.63) is 64.2 Å². The highest BCUT2D eigenvalue weighted by Crippen LogP contribution is 2.42. The minimum Gasteiger partial charge on any atom is -0.310 e. The van der Waals surface area contributed by atoms with Crippen LogP contribution in [0.4, 0.5) is 0 Å². The predicted molar refractivity (Wildman–Crippen MR) is 95.5 cm³/mol. The van der Waals surface area contributed by atoms with E-state index in [2.05, 4.69) is 19.2 Å². The van der Waals surface area contributed by atoms with Crippen LogP contribution in [0.25, 0.3) is 0 Å². The third kappa shape index (κ3) is 2.31. The van der Waals surface area contributed by atoms with Crippen molar-refractivity contribution in [1.29, 1.82) is 0 Å². The van der Waals surface area contributed by atoms with Gasteiger partial charge < -0.3 is 5.32 Å². The average Bonchev–Trinajstić information content (AvgIpc) is 2.94. The van der Waals surface area contributed by atoms with Gasteiger partial charge in [-0.3, -0.25) is 4.99 Å². The second-order valence-electron chi connectivity index (χ2n) is 6.61. The zero-order chi connectivity index (χ0) is 16.9. The molecule has 2 heterocycles. The lowest BCUT2D eigenvalue weighted by Crippen LogP contribution is -2.37. The molecule has 2 unspecified atom stereocenters. The van der Waals surface area contributed by atoms with Gasteiger partial charge in [0, 0.05) is 30.6 Å². The van der Waals surface area contributed by atoms with E-state index in [1.165, 1.54) is 5.57 Å². The van der Waals surface area contributed by atoms with Crippen molar-refractivity contribution >= 4 is 15.5 Å². The van der Waals surface area contributed by atoms with Gasteiger partial charge in [0.25, 0.3) is 0 Å². The molecule has 0 spiro atoms. The summed E-state index contributed by atoms with van der Waals surface area (Å²) < 4.78 is 26.2. The van der Waals surface area contributed by atoms with Crippen LogP contribution in [0.5, 0.6) is 0 Å². The number of fused-ring (bicyclic) bond motifs is 2. The van der Waals surface area contributed by atoms with E-state index in [1.807, 2.05) is 12.1 Å². The number of hydrogen-bond donors (Lipinski definition) is 1. The van der Waals surface area contributed by atoms with E-state index in [0.29, 0.717) is 21.5 Å². The fourth-order valence-corrected chi connectivity index (χ4v) is 5.03. The molecule has 4 nitrogen and oxygen atoms in total. The summed E-state index contributed by atoms with van der Waals surface area (Å²) in [6.45, 7) is 4.99. The Morgan fingerprint density at radius 1 is 1.17 bits per heavy atom. The van der Waals surface area contributed by atoms with Gasteiger partial charge in [0.1, 0.15) is 0 Å². The summed E-state index contributed by atoms with van der Waals surface area (Å²) in [7, 11) is -3.56. The maximum absolute atomic E-state index is 13.1. The Hall–Kier alpha value is -1.98. The molecule has 5 heteroatoms. The summed E-state index contributed by atoms with van der Waals surface area (Å²) in [4.78, 5) is 5.40. The van der Waals surface area contributed by atoms with Gasteiger partial charge in [0.05, 0.1) is 15.5 Å². The summed E-state index contributed by atoms with van der Waals surface area (Å²) in [5.74, 6) is 0.182. The van der Waals surface area contributed by atoms with E-state index in [1.54, 1.807) is 30.3 Å². The Morgan fingerprint density at radius 3 is 2.67 bits per heavy atom. The SMILES string of the molecule is CC1CC2=NC3=C(S(=O)(=O)c4ccccc4)C=CC(C)C3=C2CN1. The van der Waals surface area contributed by atoms with E-state index in [-0.39, 0.29) is 5.92 Å². The molecule has 1 aliphatic carbocycles. The monoisotopic (exact) mass is 340 g/mol. The number of nitrogens with one attached hydrogen (secondary N) is 1. The summed E-state index contributed by atoms with van der Waals surface area (Å²) in [6, 6.07) is 8.96. The molecule has 1 aromatic rings. The number of aliphatic imine (C=N–C) groups is 1. The fraction of sp³-hybridized carbons (Fsp3) is 0.316. The van der Waals surface area contributed by atoms with E-state index < -0.39 is 9.84 Å². The number of rotatable bonds is 2. The van der Waals surface area contributed by atoms with Crippen LogP contribution >= 0.6 is 0 Å². The molecule has 3 aliphatic rings. The predicted octanol–water partition coefficient (Wildman–Crippen LogP) is 3.01. The van der Waals surface area contributed by atoms with E-state index >= 15 is 0 Å². The molecule has 124 valence electrons. The Kier molecular flexibility index (Phi) is 3.58. The molecule has 2 atom stereocenters. The third-order valence-corrected chi connectivity index (χ3v) is 6.67. The highest BCUT2D eigenvalue weighted by Gasteiger charge is 2.36. The third-order valence-electron chi connectivity index (χ3n) is 4.87. The van der Waals surface area contributed by atoms with Gasteiger partial charge >= 0.3 is 0 Å². The Labute approximate surface area is 142 Å². The minimum absolute atomic E-state index is 0.182. The van der Waals surface area contributed by atoms with Crippen molar-refractivity contribution < 1.29 is 8.42 Å². The van der Waals surface area contributed by atoms with Gasteiger partial charge in [0.2, 0.25) is 9.84 Å². The number of nitrogens with zero attached hydrogens (tertiary/aromatic N) is 1. The number of sulfone groups is 1. The molecule has 1 N–H and O–H groups in total. The van der Waals surface area contributed by atoms with Gasteiger partial charge in [-0.2, -0.15) is 0 Å². The van der Waals surface area contributed by atoms with E-state index in [9.17, 15) is 8.42 Å². The first kappa shape index (κ1) is 15.5. The minimum atomic E-state index is -3.56. The van der Waals surface area contributed by atoms with Crippen LogP contribution in [-0.2, 0) is 9.84 Å². The van der Waals surface area contributed by atoms with Crippen molar-refractivity contribution in [2.75, 3.05) is 6.54 Å². The topological polar surface area (TPSA) is 58.5 Å². The molecule has 1 fully saturated rings. The molecule has 0 amide bonds. The lowest BCUT2D eigenvalue weighted by Gasteiger charge is -2.24. The molecule has 1 aromatic carbocycles. The second kappa shape index (κ2) is 5.53. The fourth-order valence-electron chi connectivity index (χ4n) is 3.59. The summed E-state index contributed by atoms with van der Waals surface area (Å²) >= 11 is 0. The number of hydrogen-bond acceptors (Lipinski definition) is 4. The van der Waals surface area contributed by atoms with Crippen LogP contribution in [0.3, 0.4) is 0 Å². The molecule has 0 aromatic heterocycles. The van der Waals surface area contributed by atoms with E-state index in [0.717, 1.165) is 24.3 Å². The van der Waals surface area contributed by atoms with E-state index in [4.69, 9.17) is 4.99 Å². The van der Waals surface area contributed by atoms with Gasteiger partial charge in [0.15, 0.2) is 0 Å². The standard InChI is InChI=1S/C19H20N2O2S/c1-12-8-9-17(24(22,23)14-6-4-3-5-7-14)19-18(12)15-11-20-13(2)10-16(15)21-19/h3-9,12-13,20H,10-11H2,1-2H3. The molecule has 0 radical (unpaired) electrons. The first-order valence-electron chi connectivity index (χ1n) is 8.26. The van der Waals surface area contributed by atoms with Crippen molar-refractivity contribution in [2.24, 2.45) is 10.9 Å². The van der Waals surface area contributed by atoms with Crippen LogP contribution < -0.4 is 5.32 Å². The van der Waals surface area contributed by atoms with Crippen LogP contribution in [0.2, 0.25) is 0 Å². The first-order chi connectivity index (χ1) is 11.5. The van der Waals surface area contributed by atoms with Gasteiger partial charge in [-0.05, 0) is 36.3 Å². The summed E-state index contributed by atoms with van der Waals surface area (Å²) in [5, 5.41) is 3.46. The quantitative estimate of drug-likeness (QED) is 0.900. The van der Waals surface area contributed by atoms with Crippen LogP contribution in [0.1, 0.15) is 20.3 Å². The highest BCUT2D eigenvalue weighted by atomic mass is 32.2. The number of benzene rings is 1. The maximum Gasteiger partial charge on any atom is 0.208 e. The van der Waals surface area contributed by atoms with Crippen LogP contribution in [-0.4, -0.2) is 26.7 Å². The summed E-state index contributed by atoms with van der Waals surface area (Å²) in [6.07, 6.45) is 4.54. The lowest BCUT2D eigenvalue weighted by molar-refractivity contribution is 0.575. The molecule has 0 saturated carbocycles. The lowest BCUT2D eigenvalue weighted by atomic mass is 9.87. The van der Waals surface area contributed by atoms with Gasteiger partial charge in [-0.15, -0.1) is 0 Å². The molecular weight excluding hydrogens is 320 g/mol. The highest BCUT2D eigenvalue weighted by molar-refractivity contribution is 7.95. The van der Waals surface area contributed by atoms with Crippen molar-refractivity contribution in [3.8, 4) is 0 Å².